The molecule has 0 aliphatic carbocycles. The van der Waals surface area contributed by atoms with Crippen LogP contribution in [0.2, 0.25) is 0 Å². The quantitative estimate of drug-likeness (QED) is 0.221. The van der Waals surface area contributed by atoms with E-state index in [1.807, 2.05) is 49.5 Å². The van der Waals surface area contributed by atoms with Crippen molar-refractivity contribution in [1.82, 2.24) is 0 Å². The zero-order chi connectivity index (χ0) is 21.3. The van der Waals surface area contributed by atoms with Gasteiger partial charge in [-0.15, -0.1) is 12.6 Å². The summed E-state index contributed by atoms with van der Waals surface area (Å²) >= 11 is 4.04. The monoisotopic (exact) mass is 433 g/mol. The van der Waals surface area contributed by atoms with Gasteiger partial charge in [0, 0.05) is 6.07 Å². The number of nitrogens with zero attached hydrogens (tertiary/aromatic N) is 1. The number of hydrogen-bond donors (Lipinski definition) is 1. The number of ether oxygens (including phenoxy) is 1. The number of methoxy groups -OCH3 is 1. The SMILES string of the molecule is COc1ccc2c(C(=O)S)c3ccccc3[n+](C)c2c1.O=S(=O)([O-])C(F)(F)F. The number of carbonyl (C=O) groups excluding carboxylic acids is 1. The van der Waals surface area contributed by atoms with E-state index in [2.05, 4.69) is 17.2 Å². The Hall–Kier alpha value is -2.37. The van der Waals surface area contributed by atoms with Crippen LogP contribution in [0.5, 0.6) is 5.75 Å². The van der Waals surface area contributed by atoms with Crippen LogP contribution in [-0.4, -0.2) is 30.7 Å². The van der Waals surface area contributed by atoms with Crippen molar-refractivity contribution >= 4 is 49.7 Å². The summed E-state index contributed by atoms with van der Waals surface area (Å²) in [5, 5.41) is 1.57. The lowest BCUT2D eigenvalue weighted by molar-refractivity contribution is -0.617. The van der Waals surface area contributed by atoms with Crippen molar-refractivity contribution < 1.29 is 40.2 Å². The van der Waals surface area contributed by atoms with E-state index in [1.54, 1.807) is 7.11 Å². The molecule has 6 nitrogen and oxygen atoms in total. The van der Waals surface area contributed by atoms with Crippen LogP contribution in [0, 0.1) is 0 Å². The highest BCUT2D eigenvalue weighted by atomic mass is 32.2. The molecule has 3 aromatic rings. The highest BCUT2D eigenvalue weighted by Crippen LogP contribution is 2.28. The topological polar surface area (TPSA) is 87.4 Å². The molecular weight excluding hydrogens is 419 g/mol. The fourth-order valence-electron chi connectivity index (χ4n) is 2.61. The number of carbonyl (C=O) groups is 1. The lowest BCUT2D eigenvalue weighted by Crippen LogP contribution is -2.31. The molecule has 2 aromatic carbocycles. The van der Waals surface area contributed by atoms with Crippen LogP contribution >= 0.6 is 12.6 Å². The molecule has 0 amide bonds. The smallest absolute Gasteiger partial charge is 0.485 e. The van der Waals surface area contributed by atoms with Gasteiger partial charge < -0.3 is 9.29 Å². The first-order valence-corrected chi connectivity index (χ1v) is 9.38. The molecule has 0 saturated carbocycles. The molecule has 3 rings (SSSR count). The summed E-state index contributed by atoms with van der Waals surface area (Å²) in [5.41, 5.74) is -3.07. The zero-order valence-corrected chi connectivity index (χ0v) is 16.2. The molecule has 0 spiro atoms. The largest absolute Gasteiger partial charge is 0.741 e. The highest BCUT2D eigenvalue weighted by molar-refractivity contribution is 7.97. The van der Waals surface area contributed by atoms with E-state index >= 15 is 0 Å². The average molecular weight is 433 g/mol. The van der Waals surface area contributed by atoms with E-state index in [0.717, 1.165) is 27.6 Å². The highest BCUT2D eigenvalue weighted by Gasteiger charge is 2.36. The molecule has 0 aliphatic rings. The second-order valence-electron chi connectivity index (χ2n) is 5.54. The standard InChI is InChI=1S/C16H13NO2S.CHF3O3S/c1-17-13-6-4-3-5-11(13)15(16(18)20)12-8-7-10(19-2)9-14(12)17;2-1(3,4)8(5,6)7/h3-9H,1-2H3;(H,5,6,7). The number of thiol groups is 1. The van der Waals surface area contributed by atoms with Gasteiger partial charge in [-0.3, -0.25) is 4.79 Å². The molecule has 1 heterocycles. The summed E-state index contributed by atoms with van der Waals surface area (Å²) in [7, 11) is -2.48. The van der Waals surface area contributed by atoms with Gasteiger partial charge in [-0.05, 0) is 18.2 Å². The minimum absolute atomic E-state index is 0.225. The van der Waals surface area contributed by atoms with Crippen LogP contribution in [0.3, 0.4) is 0 Å². The Morgan fingerprint density at radius 2 is 1.64 bits per heavy atom. The Morgan fingerprint density at radius 3 is 2.14 bits per heavy atom. The summed E-state index contributed by atoms with van der Waals surface area (Å²) in [5.74, 6) is 0.765. The summed E-state index contributed by atoms with van der Waals surface area (Å²) in [4.78, 5) is 12.0. The molecule has 0 saturated heterocycles. The number of para-hydroxylation sites is 1. The second-order valence-corrected chi connectivity index (χ2v) is 7.32. The van der Waals surface area contributed by atoms with Crippen molar-refractivity contribution in [1.29, 1.82) is 0 Å². The van der Waals surface area contributed by atoms with Crippen LogP contribution in [0.25, 0.3) is 21.8 Å². The van der Waals surface area contributed by atoms with Gasteiger partial charge in [-0.25, -0.2) is 8.42 Å². The Labute approximate surface area is 163 Å². The van der Waals surface area contributed by atoms with E-state index in [-0.39, 0.29) is 5.12 Å². The van der Waals surface area contributed by atoms with Crippen LogP contribution in [-0.2, 0) is 17.2 Å². The van der Waals surface area contributed by atoms with Gasteiger partial charge in [0.1, 0.15) is 12.8 Å². The Bertz CT molecular complexity index is 1160. The lowest BCUT2D eigenvalue weighted by Gasteiger charge is -2.08. The molecule has 150 valence electrons. The predicted octanol–water partition coefficient (Wildman–Crippen LogP) is 2.95. The van der Waals surface area contributed by atoms with E-state index < -0.39 is 15.6 Å². The number of aryl methyl sites for hydroxylation is 1. The Balaban J connectivity index is 0.000000300. The maximum atomic E-state index is 12.0. The average Bonchev–Trinajstić information content (AvgIpc) is 2.60. The lowest BCUT2D eigenvalue weighted by atomic mass is 10.0. The van der Waals surface area contributed by atoms with Gasteiger partial charge in [0.05, 0.1) is 29.5 Å². The third-order valence-electron chi connectivity index (χ3n) is 3.87. The van der Waals surface area contributed by atoms with Gasteiger partial charge in [-0.1, -0.05) is 12.1 Å². The van der Waals surface area contributed by atoms with Crippen molar-refractivity contribution in [2.24, 2.45) is 7.05 Å². The predicted molar refractivity (Wildman–Crippen MR) is 98.3 cm³/mol. The minimum Gasteiger partial charge on any atom is -0.741 e. The van der Waals surface area contributed by atoms with E-state index in [1.165, 1.54) is 0 Å². The fraction of sp³-hybridized carbons (Fsp3) is 0.176. The van der Waals surface area contributed by atoms with Gasteiger partial charge in [0.15, 0.2) is 10.1 Å². The number of aromatic nitrogens is 1. The normalized spacial score (nSPS) is 11.8. The maximum absolute atomic E-state index is 12.0. The Morgan fingerprint density at radius 1 is 1.11 bits per heavy atom. The minimum atomic E-state index is -6.09. The van der Waals surface area contributed by atoms with Crippen LogP contribution < -0.4 is 9.30 Å². The second kappa shape index (κ2) is 7.94. The third-order valence-corrected chi connectivity index (χ3v) is 4.66. The number of alkyl halides is 3. The zero-order valence-electron chi connectivity index (χ0n) is 14.5. The van der Waals surface area contributed by atoms with Crippen molar-refractivity contribution in [3.63, 3.8) is 0 Å². The molecule has 11 heteroatoms. The summed E-state index contributed by atoms with van der Waals surface area (Å²) < 4.78 is 66.2. The Kier molecular flexibility index (Phi) is 6.21. The van der Waals surface area contributed by atoms with Gasteiger partial charge in [0.2, 0.25) is 16.1 Å². The van der Waals surface area contributed by atoms with Crippen molar-refractivity contribution in [2.75, 3.05) is 7.11 Å². The summed E-state index contributed by atoms with van der Waals surface area (Å²) in [6, 6.07) is 13.5. The number of fused-ring (bicyclic) bond motifs is 2. The summed E-state index contributed by atoms with van der Waals surface area (Å²) in [6.45, 7) is 0. The maximum Gasteiger partial charge on any atom is 0.485 e. The van der Waals surface area contributed by atoms with E-state index in [4.69, 9.17) is 17.7 Å². The van der Waals surface area contributed by atoms with E-state index in [9.17, 15) is 18.0 Å². The fourth-order valence-corrected chi connectivity index (χ4v) is 2.85. The van der Waals surface area contributed by atoms with Crippen molar-refractivity contribution in [3.8, 4) is 5.75 Å². The van der Waals surface area contributed by atoms with Gasteiger partial charge in [0.25, 0.3) is 0 Å². The van der Waals surface area contributed by atoms with Crippen molar-refractivity contribution in [3.05, 3.63) is 48.0 Å². The molecule has 0 bridgehead atoms. The number of pyridine rings is 1. The van der Waals surface area contributed by atoms with Crippen molar-refractivity contribution in [2.45, 2.75) is 5.51 Å². The molecule has 0 atom stereocenters. The number of rotatable bonds is 2. The molecule has 0 radical (unpaired) electrons. The molecule has 0 aliphatic heterocycles. The molecule has 0 fully saturated rings. The van der Waals surface area contributed by atoms with Crippen LogP contribution in [0.15, 0.2) is 42.5 Å². The van der Waals surface area contributed by atoms with Crippen LogP contribution in [0.1, 0.15) is 10.4 Å². The molecule has 28 heavy (non-hydrogen) atoms. The molecular formula is C17H14F3NO5S2. The first-order valence-electron chi connectivity index (χ1n) is 7.52. The number of hydrogen-bond acceptors (Lipinski definition) is 5. The molecule has 0 unspecified atom stereocenters. The summed E-state index contributed by atoms with van der Waals surface area (Å²) in [6.07, 6.45) is 0. The molecule has 0 N–H and O–H groups in total. The van der Waals surface area contributed by atoms with Gasteiger partial charge in [-0.2, -0.15) is 17.7 Å². The first kappa shape index (κ1) is 21.9. The van der Waals surface area contributed by atoms with Gasteiger partial charge >= 0.3 is 5.51 Å². The number of benzene rings is 2. The first-order chi connectivity index (χ1) is 12.9. The van der Waals surface area contributed by atoms with Crippen LogP contribution in [0.4, 0.5) is 13.2 Å². The third kappa shape index (κ3) is 4.37. The molecule has 1 aromatic heterocycles. The van der Waals surface area contributed by atoms with E-state index in [0.29, 0.717) is 5.56 Å². The number of halogens is 3.